The number of aromatic nitrogens is 1. The number of hydrogen-bond donors (Lipinski definition) is 1. The molecule has 0 bridgehead atoms. The predicted octanol–water partition coefficient (Wildman–Crippen LogP) is 5.54. The van der Waals surface area contributed by atoms with Crippen molar-refractivity contribution >= 4 is 34.8 Å². The minimum atomic E-state index is -0.408. The van der Waals surface area contributed by atoms with Gasteiger partial charge in [0.25, 0.3) is 5.91 Å². The van der Waals surface area contributed by atoms with E-state index in [4.69, 9.17) is 27.6 Å². The van der Waals surface area contributed by atoms with E-state index in [0.717, 1.165) is 18.4 Å². The van der Waals surface area contributed by atoms with Crippen molar-refractivity contribution in [3.63, 3.8) is 0 Å². The molecule has 150 valence electrons. The van der Waals surface area contributed by atoms with E-state index in [1.807, 2.05) is 12.1 Å². The van der Waals surface area contributed by atoms with Gasteiger partial charge >= 0.3 is 0 Å². The van der Waals surface area contributed by atoms with Crippen LogP contribution in [0.3, 0.4) is 0 Å². The molecule has 0 saturated heterocycles. The number of rotatable bonds is 7. The first-order chi connectivity index (χ1) is 14.0. The number of carbonyl (C=O) groups excluding carboxylic acids is 1. The van der Waals surface area contributed by atoms with Gasteiger partial charge in [0.05, 0.1) is 16.6 Å². The van der Waals surface area contributed by atoms with Crippen molar-refractivity contribution < 1.29 is 13.6 Å². The predicted molar refractivity (Wildman–Crippen MR) is 110 cm³/mol. The Morgan fingerprint density at radius 1 is 1.14 bits per heavy atom. The van der Waals surface area contributed by atoms with Crippen LogP contribution in [0.4, 0.5) is 10.1 Å². The van der Waals surface area contributed by atoms with Crippen molar-refractivity contribution in [2.75, 3.05) is 5.32 Å². The van der Waals surface area contributed by atoms with E-state index in [1.54, 1.807) is 6.07 Å². The molecule has 3 aromatic rings. The average Bonchev–Trinajstić information content (AvgIpc) is 3.44. The molecule has 29 heavy (non-hydrogen) atoms. The summed E-state index contributed by atoms with van der Waals surface area (Å²) in [4.78, 5) is 18.9. The molecule has 0 atom stereocenters. The van der Waals surface area contributed by atoms with E-state index < -0.39 is 5.91 Å². The second kappa shape index (κ2) is 8.53. The lowest BCUT2D eigenvalue weighted by Gasteiger charge is -2.20. The molecule has 1 aliphatic carbocycles. The van der Waals surface area contributed by atoms with Crippen LogP contribution >= 0.6 is 23.2 Å². The van der Waals surface area contributed by atoms with Gasteiger partial charge in [0.2, 0.25) is 5.89 Å². The number of oxazole rings is 1. The van der Waals surface area contributed by atoms with E-state index in [1.165, 1.54) is 30.5 Å². The molecule has 0 aliphatic heterocycles. The number of hydrogen-bond acceptors (Lipinski definition) is 4. The molecule has 1 aromatic heterocycles. The summed E-state index contributed by atoms with van der Waals surface area (Å²) in [6.45, 7) is 1.16. The monoisotopic (exact) mass is 433 g/mol. The SMILES string of the molecule is O=C(Nc1ccc(F)cc1)c1coc(CN(Cc2ccc(Cl)c(Cl)c2)C2CC2)n1. The Bertz CT molecular complexity index is 1020. The lowest BCUT2D eigenvalue weighted by molar-refractivity contribution is 0.102. The minimum Gasteiger partial charge on any atom is -0.447 e. The Kier molecular flexibility index (Phi) is 5.85. The highest BCUT2D eigenvalue weighted by Crippen LogP contribution is 2.31. The minimum absolute atomic E-state index is 0.176. The van der Waals surface area contributed by atoms with Gasteiger partial charge in [-0.15, -0.1) is 0 Å². The van der Waals surface area contributed by atoms with Crippen LogP contribution in [0, 0.1) is 5.82 Å². The molecule has 0 spiro atoms. The summed E-state index contributed by atoms with van der Waals surface area (Å²) < 4.78 is 18.5. The maximum Gasteiger partial charge on any atom is 0.277 e. The number of amides is 1. The fourth-order valence-electron chi connectivity index (χ4n) is 3.02. The van der Waals surface area contributed by atoms with Gasteiger partial charge in [0.15, 0.2) is 5.69 Å². The second-order valence-corrected chi connectivity index (χ2v) is 7.79. The molecule has 1 amide bonds. The van der Waals surface area contributed by atoms with Crippen molar-refractivity contribution in [1.82, 2.24) is 9.88 Å². The van der Waals surface area contributed by atoms with Crippen LogP contribution in [-0.4, -0.2) is 21.8 Å². The summed E-state index contributed by atoms with van der Waals surface area (Å²) in [6, 6.07) is 11.6. The first-order valence-corrected chi connectivity index (χ1v) is 9.93. The Hall–Kier alpha value is -2.41. The molecule has 1 fully saturated rings. The molecule has 5 nitrogen and oxygen atoms in total. The van der Waals surface area contributed by atoms with Crippen LogP contribution in [0.5, 0.6) is 0 Å². The topological polar surface area (TPSA) is 58.4 Å². The molecule has 2 aromatic carbocycles. The van der Waals surface area contributed by atoms with Gasteiger partial charge in [-0.05, 0) is 54.8 Å². The highest BCUT2D eigenvalue weighted by molar-refractivity contribution is 6.42. The van der Waals surface area contributed by atoms with Crippen LogP contribution in [0.1, 0.15) is 34.8 Å². The van der Waals surface area contributed by atoms with Gasteiger partial charge in [0, 0.05) is 18.3 Å². The fourth-order valence-corrected chi connectivity index (χ4v) is 3.34. The summed E-state index contributed by atoms with van der Waals surface area (Å²) in [5.41, 5.74) is 1.71. The first kappa shape index (κ1) is 19.9. The third kappa shape index (κ3) is 5.15. The Labute approximate surface area is 177 Å². The van der Waals surface area contributed by atoms with Crippen molar-refractivity contribution in [3.8, 4) is 0 Å². The third-order valence-electron chi connectivity index (χ3n) is 4.66. The summed E-state index contributed by atoms with van der Waals surface area (Å²) in [6.07, 6.45) is 3.55. The number of benzene rings is 2. The van der Waals surface area contributed by atoms with Crippen molar-refractivity contribution in [3.05, 3.63) is 81.7 Å². The summed E-state index contributed by atoms with van der Waals surface area (Å²) in [7, 11) is 0. The maximum atomic E-state index is 13.0. The highest BCUT2D eigenvalue weighted by atomic mass is 35.5. The summed E-state index contributed by atoms with van der Waals surface area (Å²) in [5.74, 6) is -0.316. The standard InChI is InChI=1S/C21H18Cl2FN3O2/c22-17-8-1-13(9-18(17)23)10-27(16-6-7-16)11-20-26-19(12-29-20)21(28)25-15-4-2-14(24)3-5-15/h1-5,8-9,12,16H,6-7,10-11H2,(H,25,28). The largest absolute Gasteiger partial charge is 0.447 e. The van der Waals surface area contributed by atoms with Crippen molar-refractivity contribution in [2.45, 2.75) is 32.0 Å². The third-order valence-corrected chi connectivity index (χ3v) is 5.40. The van der Waals surface area contributed by atoms with Gasteiger partial charge in [0.1, 0.15) is 12.1 Å². The van der Waals surface area contributed by atoms with Crippen LogP contribution in [0.2, 0.25) is 10.0 Å². The molecule has 4 rings (SSSR count). The molecular weight excluding hydrogens is 416 g/mol. The number of anilines is 1. The van der Waals surface area contributed by atoms with Gasteiger partial charge in [-0.25, -0.2) is 9.37 Å². The highest BCUT2D eigenvalue weighted by Gasteiger charge is 2.30. The average molecular weight is 434 g/mol. The number of nitrogens with zero attached hydrogens (tertiary/aromatic N) is 2. The van der Waals surface area contributed by atoms with E-state index in [0.29, 0.717) is 40.8 Å². The number of halogens is 3. The fraction of sp³-hybridized carbons (Fsp3) is 0.238. The molecule has 1 heterocycles. The van der Waals surface area contributed by atoms with E-state index in [-0.39, 0.29) is 11.5 Å². The normalized spacial score (nSPS) is 13.7. The molecule has 8 heteroatoms. The first-order valence-electron chi connectivity index (χ1n) is 9.17. The maximum absolute atomic E-state index is 13.0. The van der Waals surface area contributed by atoms with E-state index >= 15 is 0 Å². The van der Waals surface area contributed by atoms with Crippen molar-refractivity contribution in [2.24, 2.45) is 0 Å². The van der Waals surface area contributed by atoms with Gasteiger partial charge in [-0.3, -0.25) is 9.69 Å². The molecule has 1 aliphatic rings. The van der Waals surface area contributed by atoms with Gasteiger partial charge in [-0.2, -0.15) is 0 Å². The lowest BCUT2D eigenvalue weighted by Crippen LogP contribution is -2.25. The van der Waals surface area contributed by atoms with E-state index in [9.17, 15) is 9.18 Å². The number of carbonyl (C=O) groups is 1. The zero-order valence-corrected chi connectivity index (χ0v) is 16.9. The smallest absolute Gasteiger partial charge is 0.277 e. The van der Waals surface area contributed by atoms with Gasteiger partial charge in [-0.1, -0.05) is 29.3 Å². The van der Waals surface area contributed by atoms with E-state index in [2.05, 4.69) is 15.2 Å². The molecule has 1 N–H and O–H groups in total. The second-order valence-electron chi connectivity index (χ2n) is 6.97. The zero-order valence-electron chi connectivity index (χ0n) is 15.4. The molecule has 0 radical (unpaired) electrons. The van der Waals surface area contributed by atoms with Crippen molar-refractivity contribution in [1.29, 1.82) is 0 Å². The van der Waals surface area contributed by atoms with Crippen LogP contribution in [-0.2, 0) is 13.1 Å². The summed E-state index contributed by atoms with van der Waals surface area (Å²) >= 11 is 12.1. The van der Waals surface area contributed by atoms with Crippen LogP contribution in [0.25, 0.3) is 0 Å². The van der Waals surface area contributed by atoms with Gasteiger partial charge < -0.3 is 9.73 Å². The molecule has 0 unspecified atom stereocenters. The quantitative estimate of drug-likeness (QED) is 0.531. The molecule has 1 saturated carbocycles. The Balaban J connectivity index is 1.41. The lowest BCUT2D eigenvalue weighted by atomic mass is 10.2. The number of nitrogens with one attached hydrogen (secondary N) is 1. The Morgan fingerprint density at radius 3 is 2.59 bits per heavy atom. The summed E-state index contributed by atoms with van der Waals surface area (Å²) in [5, 5.41) is 3.72. The van der Waals surface area contributed by atoms with Crippen LogP contribution < -0.4 is 5.32 Å². The molecular formula is C21H18Cl2FN3O2. The van der Waals surface area contributed by atoms with Crippen LogP contribution in [0.15, 0.2) is 53.1 Å². The Morgan fingerprint density at radius 2 is 1.90 bits per heavy atom. The zero-order chi connectivity index (χ0) is 20.4.